The van der Waals surface area contributed by atoms with Crippen LogP contribution in [0.5, 0.6) is 0 Å². The number of hydrogen-bond acceptors (Lipinski definition) is 5. The normalized spacial score (nSPS) is 13.2. The lowest BCUT2D eigenvalue weighted by Crippen LogP contribution is -2.25. The molecule has 1 amide bonds. The summed E-state index contributed by atoms with van der Waals surface area (Å²) in [5.74, 6) is -0.0762. The van der Waals surface area contributed by atoms with E-state index in [-0.39, 0.29) is 40.9 Å². The predicted octanol–water partition coefficient (Wildman–Crippen LogP) is 4.11. The van der Waals surface area contributed by atoms with Crippen LogP contribution in [0.4, 0.5) is 5.82 Å². The Morgan fingerprint density at radius 1 is 1.09 bits per heavy atom. The molecule has 1 aliphatic rings. The fourth-order valence-corrected chi connectivity index (χ4v) is 3.69. The van der Waals surface area contributed by atoms with E-state index in [1.807, 2.05) is 26.8 Å². The van der Waals surface area contributed by atoms with Gasteiger partial charge in [-0.3, -0.25) is 19.0 Å². The van der Waals surface area contributed by atoms with Crippen molar-refractivity contribution in [3.8, 4) is 5.69 Å². The molecule has 3 N–H and O–H groups in total. The van der Waals surface area contributed by atoms with Crippen molar-refractivity contribution in [1.82, 2.24) is 14.9 Å². The van der Waals surface area contributed by atoms with Crippen LogP contribution in [-0.2, 0) is 0 Å². The summed E-state index contributed by atoms with van der Waals surface area (Å²) in [5.41, 5.74) is 9.40. The summed E-state index contributed by atoms with van der Waals surface area (Å²) in [4.78, 5) is 42.3. The average Bonchev–Trinajstić information content (AvgIpc) is 3.52. The van der Waals surface area contributed by atoms with Crippen LogP contribution < -0.4 is 11.1 Å². The Balaban J connectivity index is 1.63. The lowest BCUT2D eigenvalue weighted by molar-refractivity contribution is 0.0947. The van der Waals surface area contributed by atoms with Crippen LogP contribution in [0.15, 0.2) is 48.8 Å². The van der Waals surface area contributed by atoms with Crippen LogP contribution in [0.2, 0.25) is 0 Å². The number of imidazole rings is 1. The fourth-order valence-electron chi connectivity index (χ4n) is 3.69. The monoisotopic (exact) mass is 444 g/mol. The van der Waals surface area contributed by atoms with Crippen molar-refractivity contribution in [3.05, 3.63) is 76.7 Å². The summed E-state index contributed by atoms with van der Waals surface area (Å²) in [6.45, 7) is 5.86. The molecule has 7 nitrogen and oxygen atoms in total. The van der Waals surface area contributed by atoms with Gasteiger partial charge in [0.2, 0.25) is 5.78 Å². The number of nitrogens with two attached hydrogens (primary N) is 1. The van der Waals surface area contributed by atoms with Crippen LogP contribution >= 0.6 is 0 Å². The van der Waals surface area contributed by atoms with Gasteiger partial charge >= 0.3 is 0 Å². The number of hydrogen-bond donors (Lipinski definition) is 2. The van der Waals surface area contributed by atoms with Gasteiger partial charge in [0.15, 0.2) is 11.5 Å². The Hall–Kier alpha value is -3.74. The number of anilines is 1. The Labute approximate surface area is 193 Å². The lowest BCUT2D eigenvalue weighted by atomic mass is 9.98. The van der Waals surface area contributed by atoms with Gasteiger partial charge in [-0.15, -0.1) is 0 Å². The third-order valence-electron chi connectivity index (χ3n) is 5.70. The van der Waals surface area contributed by atoms with Crippen LogP contribution in [-0.4, -0.2) is 33.1 Å². The van der Waals surface area contributed by atoms with Gasteiger partial charge in [0.05, 0.1) is 5.69 Å². The minimum absolute atomic E-state index is 0.00457. The molecule has 0 spiro atoms. The van der Waals surface area contributed by atoms with Gasteiger partial charge in [0.25, 0.3) is 5.91 Å². The fraction of sp³-hybridized carbons (Fsp3) is 0.308. The highest BCUT2D eigenvalue weighted by molar-refractivity contribution is 6.11. The number of benzene rings is 2. The van der Waals surface area contributed by atoms with E-state index in [2.05, 4.69) is 10.3 Å². The van der Waals surface area contributed by atoms with E-state index in [9.17, 15) is 14.4 Å². The van der Waals surface area contributed by atoms with Gasteiger partial charge in [-0.05, 0) is 49.4 Å². The number of aryl methyl sites for hydroxylation is 1. The van der Waals surface area contributed by atoms with Gasteiger partial charge < -0.3 is 11.1 Å². The van der Waals surface area contributed by atoms with E-state index in [0.717, 1.165) is 18.4 Å². The number of nitrogens with zero attached hydrogens (tertiary/aromatic N) is 2. The van der Waals surface area contributed by atoms with Gasteiger partial charge in [0.1, 0.15) is 12.1 Å². The van der Waals surface area contributed by atoms with Crippen molar-refractivity contribution >= 4 is 23.3 Å². The van der Waals surface area contributed by atoms with Crippen molar-refractivity contribution in [2.45, 2.75) is 46.1 Å². The molecule has 2 aromatic carbocycles. The minimum Gasteiger partial charge on any atom is -0.383 e. The molecule has 0 saturated heterocycles. The quantitative estimate of drug-likeness (QED) is 0.508. The van der Waals surface area contributed by atoms with Gasteiger partial charge in [-0.25, -0.2) is 4.98 Å². The third-order valence-corrected chi connectivity index (χ3v) is 5.70. The molecule has 1 fully saturated rings. The molecular formula is C26H28N4O3. The first-order valence-electron chi connectivity index (χ1n) is 11.2. The molecule has 0 aliphatic heterocycles. The standard InChI is InChI=1S/C26H28N4O3/c1-15(2)11-22(31)17-5-4-6-18(12-17)24(32)23-25(27)30(14-28-23)21-13-19(8-7-16(21)3)26(33)29-20-9-10-20/h4-8,12-15,20H,9-11,27H2,1-3H3,(H,29,33). The molecule has 1 saturated carbocycles. The molecular weight excluding hydrogens is 416 g/mol. The Morgan fingerprint density at radius 3 is 2.52 bits per heavy atom. The SMILES string of the molecule is Cc1ccc(C(=O)NC2CC2)cc1-n1cnc(C(=O)c2cccc(C(=O)CC(C)C)c2)c1N. The molecule has 0 atom stereocenters. The first-order valence-corrected chi connectivity index (χ1v) is 11.2. The average molecular weight is 445 g/mol. The molecule has 0 radical (unpaired) electrons. The number of ketones is 2. The maximum atomic E-state index is 13.2. The second-order valence-corrected chi connectivity index (χ2v) is 9.03. The molecule has 3 aromatic rings. The van der Waals surface area contributed by atoms with Crippen molar-refractivity contribution in [2.75, 3.05) is 5.73 Å². The number of rotatable bonds is 8. The second-order valence-electron chi connectivity index (χ2n) is 9.03. The third kappa shape index (κ3) is 4.87. The first kappa shape index (κ1) is 22.5. The Kier molecular flexibility index (Phi) is 6.14. The zero-order chi connectivity index (χ0) is 23.7. The topological polar surface area (TPSA) is 107 Å². The van der Waals surface area contributed by atoms with E-state index < -0.39 is 0 Å². The van der Waals surface area contributed by atoms with Crippen molar-refractivity contribution in [3.63, 3.8) is 0 Å². The van der Waals surface area contributed by atoms with Crippen molar-refractivity contribution < 1.29 is 14.4 Å². The Morgan fingerprint density at radius 2 is 1.82 bits per heavy atom. The van der Waals surface area contributed by atoms with Crippen LogP contribution in [0.1, 0.15) is 75.4 Å². The number of carbonyl (C=O) groups excluding carboxylic acids is 3. The van der Waals surface area contributed by atoms with Crippen molar-refractivity contribution in [2.24, 2.45) is 5.92 Å². The number of Topliss-reactive ketones (excluding diaryl/α,β-unsaturated/α-hetero) is 1. The van der Waals surface area contributed by atoms with Crippen LogP contribution in [0, 0.1) is 12.8 Å². The smallest absolute Gasteiger partial charge is 0.251 e. The van der Waals surface area contributed by atoms with E-state index in [0.29, 0.717) is 28.8 Å². The molecule has 7 heteroatoms. The molecule has 33 heavy (non-hydrogen) atoms. The summed E-state index contributed by atoms with van der Waals surface area (Å²) in [6.07, 6.45) is 3.92. The first-order chi connectivity index (χ1) is 15.7. The zero-order valence-electron chi connectivity index (χ0n) is 19.1. The van der Waals surface area contributed by atoms with E-state index in [1.54, 1.807) is 41.0 Å². The molecule has 1 aromatic heterocycles. The van der Waals surface area contributed by atoms with Crippen molar-refractivity contribution in [1.29, 1.82) is 0 Å². The molecule has 1 aliphatic carbocycles. The van der Waals surface area contributed by atoms with E-state index >= 15 is 0 Å². The number of nitrogen functional groups attached to an aromatic ring is 1. The number of amides is 1. The maximum Gasteiger partial charge on any atom is 0.251 e. The van der Waals surface area contributed by atoms with Crippen LogP contribution in [0.3, 0.4) is 0 Å². The summed E-state index contributed by atoms with van der Waals surface area (Å²) in [7, 11) is 0. The van der Waals surface area contributed by atoms with Gasteiger partial charge in [-0.1, -0.05) is 38.1 Å². The van der Waals surface area contributed by atoms with Gasteiger partial charge in [0, 0.05) is 29.2 Å². The molecule has 4 rings (SSSR count). The molecule has 0 unspecified atom stereocenters. The zero-order valence-corrected chi connectivity index (χ0v) is 19.1. The number of aromatic nitrogens is 2. The van der Waals surface area contributed by atoms with Crippen LogP contribution in [0.25, 0.3) is 5.69 Å². The lowest BCUT2D eigenvalue weighted by Gasteiger charge is -2.12. The summed E-state index contributed by atoms with van der Waals surface area (Å²) < 4.78 is 1.62. The summed E-state index contributed by atoms with van der Waals surface area (Å²) in [6, 6.07) is 12.3. The number of nitrogens with one attached hydrogen (secondary N) is 1. The molecule has 1 heterocycles. The number of carbonyl (C=O) groups is 3. The maximum absolute atomic E-state index is 13.2. The summed E-state index contributed by atoms with van der Waals surface area (Å²) >= 11 is 0. The van der Waals surface area contributed by atoms with E-state index in [4.69, 9.17) is 5.73 Å². The molecule has 170 valence electrons. The second kappa shape index (κ2) is 9.02. The minimum atomic E-state index is -0.356. The predicted molar refractivity (Wildman–Crippen MR) is 127 cm³/mol. The highest BCUT2D eigenvalue weighted by Gasteiger charge is 2.25. The molecule has 0 bridgehead atoms. The highest BCUT2D eigenvalue weighted by atomic mass is 16.2. The Bertz CT molecular complexity index is 1240. The van der Waals surface area contributed by atoms with Gasteiger partial charge in [-0.2, -0.15) is 0 Å². The van der Waals surface area contributed by atoms with E-state index in [1.165, 1.54) is 6.33 Å². The summed E-state index contributed by atoms with van der Waals surface area (Å²) in [5, 5.41) is 2.98. The highest BCUT2D eigenvalue weighted by Crippen LogP contribution is 2.25. The largest absolute Gasteiger partial charge is 0.383 e.